The number of rotatable bonds is 5. The Kier molecular flexibility index (Phi) is 5.30. The second-order valence-corrected chi connectivity index (χ2v) is 7.83. The quantitative estimate of drug-likeness (QED) is 0.902. The van der Waals surface area contributed by atoms with Gasteiger partial charge in [-0.2, -0.15) is 4.31 Å². The fraction of sp³-hybridized carbons (Fsp3) is 0.600. The predicted molar refractivity (Wildman–Crippen MR) is 85.9 cm³/mol. The van der Waals surface area contributed by atoms with Crippen LogP contribution in [0.4, 0.5) is 0 Å². The molecule has 0 amide bonds. The van der Waals surface area contributed by atoms with Crippen molar-refractivity contribution in [2.45, 2.75) is 57.0 Å². The monoisotopic (exact) mass is 330 g/mol. The number of nitrogens with zero attached hydrogens (tertiary/aromatic N) is 1. The largest absolute Gasteiger partial charge is 0.326 e. The first-order valence-electron chi connectivity index (χ1n) is 7.42. The molecule has 118 valence electrons. The minimum atomic E-state index is -3.53. The van der Waals surface area contributed by atoms with Crippen molar-refractivity contribution in [3.8, 4) is 0 Å². The third-order valence-corrected chi connectivity index (χ3v) is 6.65. The van der Waals surface area contributed by atoms with Crippen LogP contribution in [0.2, 0.25) is 5.02 Å². The number of sulfonamides is 1. The van der Waals surface area contributed by atoms with Gasteiger partial charge >= 0.3 is 0 Å². The standard InChI is InChI=1S/C15H23ClN2O2S/c1-3-18(14-6-4-5-7-14)21(19,20)15-9-13(16)8-12(10-17)11(15)2/h8-9,14H,3-7,10,17H2,1-2H3. The summed E-state index contributed by atoms with van der Waals surface area (Å²) in [5.41, 5.74) is 7.18. The topological polar surface area (TPSA) is 63.4 Å². The Morgan fingerprint density at radius 2 is 1.95 bits per heavy atom. The molecule has 0 bridgehead atoms. The highest BCUT2D eigenvalue weighted by atomic mass is 35.5. The number of benzene rings is 1. The molecule has 1 aromatic rings. The van der Waals surface area contributed by atoms with Crippen LogP contribution in [0.5, 0.6) is 0 Å². The van der Waals surface area contributed by atoms with Gasteiger partial charge in [-0.05, 0) is 43.0 Å². The maximum Gasteiger partial charge on any atom is 0.243 e. The van der Waals surface area contributed by atoms with Crippen LogP contribution in [0.25, 0.3) is 0 Å². The SMILES string of the molecule is CCN(C1CCCC1)S(=O)(=O)c1cc(Cl)cc(CN)c1C. The van der Waals surface area contributed by atoms with Gasteiger partial charge in [-0.15, -0.1) is 0 Å². The molecular formula is C15H23ClN2O2S. The van der Waals surface area contributed by atoms with Gasteiger partial charge in [0.25, 0.3) is 0 Å². The Bertz CT molecular complexity index is 610. The Hall–Kier alpha value is -0.620. The van der Waals surface area contributed by atoms with E-state index in [1.54, 1.807) is 23.4 Å². The minimum absolute atomic E-state index is 0.111. The molecule has 21 heavy (non-hydrogen) atoms. The van der Waals surface area contributed by atoms with Crippen molar-refractivity contribution >= 4 is 21.6 Å². The molecule has 0 unspecified atom stereocenters. The number of nitrogens with two attached hydrogens (primary N) is 1. The van der Waals surface area contributed by atoms with E-state index in [9.17, 15) is 8.42 Å². The predicted octanol–water partition coefficient (Wildman–Crippen LogP) is 3.06. The maximum atomic E-state index is 13.0. The molecule has 1 aromatic carbocycles. The lowest BCUT2D eigenvalue weighted by Crippen LogP contribution is -2.39. The highest BCUT2D eigenvalue weighted by molar-refractivity contribution is 7.89. The third kappa shape index (κ3) is 3.26. The lowest BCUT2D eigenvalue weighted by molar-refractivity contribution is 0.335. The van der Waals surface area contributed by atoms with E-state index in [2.05, 4.69) is 0 Å². The number of hydrogen-bond acceptors (Lipinski definition) is 3. The van der Waals surface area contributed by atoms with Crippen molar-refractivity contribution in [3.05, 3.63) is 28.3 Å². The van der Waals surface area contributed by atoms with Crippen LogP contribution in [0, 0.1) is 6.92 Å². The lowest BCUT2D eigenvalue weighted by atomic mass is 10.1. The zero-order valence-electron chi connectivity index (χ0n) is 12.6. The molecule has 1 saturated carbocycles. The highest BCUT2D eigenvalue weighted by Gasteiger charge is 2.33. The molecule has 2 rings (SSSR count). The molecule has 1 aliphatic carbocycles. The van der Waals surface area contributed by atoms with Gasteiger partial charge in [0.1, 0.15) is 0 Å². The molecule has 0 aromatic heterocycles. The molecule has 1 fully saturated rings. The van der Waals surface area contributed by atoms with E-state index in [4.69, 9.17) is 17.3 Å². The van der Waals surface area contributed by atoms with E-state index >= 15 is 0 Å². The summed E-state index contributed by atoms with van der Waals surface area (Å²) < 4.78 is 27.7. The third-order valence-electron chi connectivity index (χ3n) is 4.28. The summed E-state index contributed by atoms with van der Waals surface area (Å²) in [5.74, 6) is 0. The van der Waals surface area contributed by atoms with E-state index in [0.29, 0.717) is 22.0 Å². The number of hydrogen-bond donors (Lipinski definition) is 1. The van der Waals surface area contributed by atoms with Crippen molar-refractivity contribution in [1.29, 1.82) is 0 Å². The van der Waals surface area contributed by atoms with Gasteiger partial charge in [0.15, 0.2) is 0 Å². The molecule has 4 nitrogen and oxygen atoms in total. The Labute approximate surface area is 132 Å². The summed E-state index contributed by atoms with van der Waals surface area (Å²) in [4.78, 5) is 0.296. The van der Waals surface area contributed by atoms with Crippen molar-refractivity contribution < 1.29 is 8.42 Å². The second-order valence-electron chi connectivity index (χ2n) is 5.54. The van der Waals surface area contributed by atoms with Gasteiger partial charge < -0.3 is 5.73 Å². The molecule has 0 aliphatic heterocycles. The molecule has 0 radical (unpaired) electrons. The average Bonchev–Trinajstić information content (AvgIpc) is 2.95. The molecule has 0 saturated heterocycles. The summed E-state index contributed by atoms with van der Waals surface area (Å²) in [6, 6.07) is 3.39. The van der Waals surface area contributed by atoms with Gasteiger partial charge in [0, 0.05) is 24.2 Å². The van der Waals surface area contributed by atoms with E-state index in [-0.39, 0.29) is 12.6 Å². The van der Waals surface area contributed by atoms with Crippen LogP contribution < -0.4 is 5.73 Å². The summed E-state index contributed by atoms with van der Waals surface area (Å²) in [5, 5.41) is 0.419. The smallest absolute Gasteiger partial charge is 0.243 e. The lowest BCUT2D eigenvalue weighted by Gasteiger charge is -2.28. The van der Waals surface area contributed by atoms with Crippen molar-refractivity contribution in [3.63, 3.8) is 0 Å². The Morgan fingerprint density at radius 3 is 2.48 bits per heavy atom. The second kappa shape index (κ2) is 6.65. The summed E-state index contributed by atoms with van der Waals surface area (Å²) in [7, 11) is -3.53. The summed E-state index contributed by atoms with van der Waals surface area (Å²) >= 11 is 6.08. The van der Waals surface area contributed by atoms with E-state index in [0.717, 1.165) is 31.2 Å². The fourth-order valence-electron chi connectivity index (χ4n) is 3.13. The first-order chi connectivity index (χ1) is 9.91. The maximum absolute atomic E-state index is 13.0. The van der Waals surface area contributed by atoms with Crippen LogP contribution >= 0.6 is 11.6 Å². The molecular weight excluding hydrogens is 308 g/mol. The molecule has 0 heterocycles. The zero-order chi connectivity index (χ0) is 15.6. The van der Waals surface area contributed by atoms with E-state index in [1.807, 2.05) is 6.92 Å². The number of halogens is 1. The Morgan fingerprint density at radius 1 is 1.33 bits per heavy atom. The van der Waals surface area contributed by atoms with Crippen molar-refractivity contribution in [2.24, 2.45) is 5.73 Å². The van der Waals surface area contributed by atoms with Crippen LogP contribution in [-0.4, -0.2) is 25.3 Å². The van der Waals surface area contributed by atoms with Crippen LogP contribution in [0.3, 0.4) is 0 Å². The first kappa shape index (κ1) is 16.7. The average molecular weight is 331 g/mol. The summed E-state index contributed by atoms with van der Waals surface area (Å²) in [6.45, 7) is 4.45. The van der Waals surface area contributed by atoms with Gasteiger partial charge in [-0.3, -0.25) is 0 Å². The molecule has 6 heteroatoms. The normalized spacial score (nSPS) is 16.8. The highest BCUT2D eigenvalue weighted by Crippen LogP contribution is 2.32. The summed E-state index contributed by atoms with van der Waals surface area (Å²) in [6.07, 6.45) is 4.07. The van der Waals surface area contributed by atoms with Crippen molar-refractivity contribution in [2.75, 3.05) is 6.54 Å². The van der Waals surface area contributed by atoms with Gasteiger partial charge in [0.05, 0.1) is 4.90 Å². The minimum Gasteiger partial charge on any atom is -0.326 e. The van der Waals surface area contributed by atoms with Crippen LogP contribution in [-0.2, 0) is 16.6 Å². The van der Waals surface area contributed by atoms with Gasteiger partial charge in [-0.25, -0.2) is 8.42 Å². The van der Waals surface area contributed by atoms with Crippen LogP contribution in [0.1, 0.15) is 43.7 Å². The molecule has 2 N–H and O–H groups in total. The Balaban J connectivity index is 2.49. The molecule has 0 spiro atoms. The van der Waals surface area contributed by atoms with Gasteiger partial charge in [-0.1, -0.05) is 31.4 Å². The molecule has 1 aliphatic rings. The van der Waals surface area contributed by atoms with Crippen LogP contribution in [0.15, 0.2) is 17.0 Å². The zero-order valence-corrected chi connectivity index (χ0v) is 14.2. The fourth-order valence-corrected chi connectivity index (χ4v) is 5.43. The van der Waals surface area contributed by atoms with Gasteiger partial charge in [0.2, 0.25) is 10.0 Å². The van der Waals surface area contributed by atoms with E-state index < -0.39 is 10.0 Å². The van der Waals surface area contributed by atoms with E-state index in [1.165, 1.54) is 0 Å². The van der Waals surface area contributed by atoms with Crippen molar-refractivity contribution in [1.82, 2.24) is 4.31 Å². The first-order valence-corrected chi connectivity index (χ1v) is 9.24. The molecule has 0 atom stereocenters.